The van der Waals surface area contributed by atoms with Crippen molar-refractivity contribution >= 4 is 85.8 Å². The van der Waals surface area contributed by atoms with Gasteiger partial charge in [-0.3, -0.25) is 19.3 Å². The first-order valence-corrected chi connectivity index (χ1v) is 12.3. The number of thioether (sulfide) groups is 1. The van der Waals surface area contributed by atoms with Gasteiger partial charge in [-0.2, -0.15) is 0 Å². The maximum atomic E-state index is 12.8. The predicted octanol–water partition coefficient (Wildman–Crippen LogP) is 5.20. The fraction of sp³-hybridized carbons (Fsp3) is 0.174. The van der Waals surface area contributed by atoms with Crippen molar-refractivity contribution in [1.29, 1.82) is 0 Å². The van der Waals surface area contributed by atoms with E-state index in [0.29, 0.717) is 11.4 Å². The highest BCUT2D eigenvalue weighted by molar-refractivity contribution is 14.1. The molecular formula is C23H18I2N2O4S. The quantitative estimate of drug-likeness (QED) is 0.260. The molecule has 1 aliphatic rings. The molecule has 2 aromatic rings. The lowest BCUT2D eigenvalue weighted by Crippen LogP contribution is -2.36. The third-order valence-corrected chi connectivity index (χ3v) is 7.09. The maximum Gasteiger partial charge on any atom is 0.294 e. The summed E-state index contributed by atoms with van der Waals surface area (Å²) in [6, 6.07) is 9.22. The second kappa shape index (κ2) is 10.7. The summed E-state index contributed by atoms with van der Waals surface area (Å²) in [5, 5.41) is 2.26. The van der Waals surface area contributed by atoms with Gasteiger partial charge in [0.15, 0.2) is 0 Å². The lowest BCUT2D eigenvalue weighted by Gasteiger charge is -2.13. The van der Waals surface area contributed by atoms with Gasteiger partial charge in [0.05, 0.1) is 12.0 Å². The highest BCUT2D eigenvalue weighted by Crippen LogP contribution is 2.34. The Labute approximate surface area is 217 Å². The molecule has 0 radical (unpaired) electrons. The average Bonchev–Trinajstić information content (AvgIpc) is 2.97. The van der Waals surface area contributed by atoms with Gasteiger partial charge in [0.2, 0.25) is 5.91 Å². The minimum Gasteiger partial charge on any atom is -0.479 e. The molecule has 6 nitrogen and oxygen atoms in total. The van der Waals surface area contributed by atoms with Crippen LogP contribution >= 0.6 is 56.9 Å². The normalized spacial score (nSPS) is 14.6. The molecule has 1 aliphatic heterocycles. The van der Waals surface area contributed by atoms with E-state index in [0.717, 1.165) is 40.5 Å². The number of anilines is 1. The summed E-state index contributed by atoms with van der Waals surface area (Å²) < 4.78 is 7.22. The summed E-state index contributed by atoms with van der Waals surface area (Å²) in [5.41, 5.74) is 3.52. The number of nitrogens with one attached hydrogen (secondary N) is 1. The first-order chi connectivity index (χ1) is 15.2. The van der Waals surface area contributed by atoms with Gasteiger partial charge in [-0.25, -0.2) is 0 Å². The summed E-state index contributed by atoms with van der Waals surface area (Å²) in [6.07, 6.45) is 6.89. The van der Waals surface area contributed by atoms with Crippen molar-refractivity contribution in [3.63, 3.8) is 0 Å². The van der Waals surface area contributed by atoms with Gasteiger partial charge in [0.25, 0.3) is 11.1 Å². The van der Waals surface area contributed by atoms with E-state index in [4.69, 9.17) is 11.2 Å². The zero-order chi connectivity index (χ0) is 23.4. The van der Waals surface area contributed by atoms with Crippen molar-refractivity contribution in [2.45, 2.75) is 13.8 Å². The van der Waals surface area contributed by atoms with Crippen LogP contribution in [0.3, 0.4) is 0 Å². The Morgan fingerprint density at radius 3 is 2.50 bits per heavy atom. The van der Waals surface area contributed by atoms with Crippen molar-refractivity contribution in [3.8, 4) is 18.1 Å². The van der Waals surface area contributed by atoms with E-state index >= 15 is 0 Å². The Morgan fingerprint density at radius 1 is 1.19 bits per heavy atom. The molecule has 1 heterocycles. The molecule has 0 bridgehead atoms. The molecule has 0 spiro atoms. The lowest BCUT2D eigenvalue weighted by atomic mass is 10.1. The minimum atomic E-state index is -0.493. The Kier molecular flexibility index (Phi) is 8.24. The molecule has 32 heavy (non-hydrogen) atoms. The highest BCUT2D eigenvalue weighted by atomic mass is 127. The van der Waals surface area contributed by atoms with E-state index < -0.39 is 17.1 Å². The van der Waals surface area contributed by atoms with Gasteiger partial charge in [-0.15, -0.1) is 6.42 Å². The molecule has 164 valence electrons. The Hall–Kier alpha value is -2.04. The molecular weight excluding hydrogens is 654 g/mol. The third kappa shape index (κ3) is 5.85. The van der Waals surface area contributed by atoms with Crippen LogP contribution in [0, 0.1) is 33.3 Å². The second-order valence-electron chi connectivity index (χ2n) is 6.92. The van der Waals surface area contributed by atoms with Crippen LogP contribution in [0.15, 0.2) is 35.2 Å². The van der Waals surface area contributed by atoms with Gasteiger partial charge < -0.3 is 10.1 Å². The largest absolute Gasteiger partial charge is 0.479 e. The molecule has 3 rings (SSSR count). The number of carbonyl (C=O) groups is 3. The molecule has 0 aliphatic carbocycles. The summed E-state index contributed by atoms with van der Waals surface area (Å²) in [5.74, 6) is 2.18. The first-order valence-electron chi connectivity index (χ1n) is 9.37. The van der Waals surface area contributed by atoms with Crippen molar-refractivity contribution in [3.05, 3.63) is 59.1 Å². The van der Waals surface area contributed by atoms with Gasteiger partial charge in [-0.1, -0.05) is 12.0 Å². The summed E-state index contributed by atoms with van der Waals surface area (Å²) in [6.45, 7) is 3.74. The van der Waals surface area contributed by atoms with E-state index in [-0.39, 0.29) is 18.1 Å². The van der Waals surface area contributed by atoms with Crippen molar-refractivity contribution < 1.29 is 19.1 Å². The van der Waals surface area contributed by atoms with Gasteiger partial charge in [-0.05, 0) is 118 Å². The molecule has 1 fully saturated rings. The summed E-state index contributed by atoms with van der Waals surface area (Å²) >= 11 is 5.08. The number of hydrogen-bond donors (Lipinski definition) is 1. The fourth-order valence-electron chi connectivity index (χ4n) is 2.87. The van der Waals surface area contributed by atoms with Crippen LogP contribution < -0.4 is 10.1 Å². The molecule has 0 saturated carbocycles. The van der Waals surface area contributed by atoms with Gasteiger partial charge >= 0.3 is 0 Å². The zero-order valence-electron chi connectivity index (χ0n) is 17.2. The fourth-order valence-corrected chi connectivity index (χ4v) is 5.83. The van der Waals surface area contributed by atoms with E-state index in [1.807, 2.05) is 38.1 Å². The molecule has 3 amide bonds. The van der Waals surface area contributed by atoms with Crippen LogP contribution in [-0.4, -0.2) is 35.1 Å². The topological polar surface area (TPSA) is 75.7 Å². The number of hydrogen-bond acceptors (Lipinski definition) is 5. The van der Waals surface area contributed by atoms with Crippen LogP contribution in [0.2, 0.25) is 0 Å². The molecule has 9 heteroatoms. The smallest absolute Gasteiger partial charge is 0.294 e. The predicted molar refractivity (Wildman–Crippen MR) is 143 cm³/mol. The lowest BCUT2D eigenvalue weighted by molar-refractivity contribution is -0.127. The highest BCUT2D eigenvalue weighted by Gasteiger charge is 2.36. The van der Waals surface area contributed by atoms with Crippen molar-refractivity contribution in [1.82, 2.24) is 4.90 Å². The zero-order valence-corrected chi connectivity index (χ0v) is 22.3. The summed E-state index contributed by atoms with van der Waals surface area (Å²) in [4.78, 5) is 38.8. The number of aryl methyl sites for hydroxylation is 2. The van der Waals surface area contributed by atoms with Crippen molar-refractivity contribution in [2.24, 2.45) is 0 Å². The summed E-state index contributed by atoms with van der Waals surface area (Å²) in [7, 11) is 0. The number of ether oxygens (including phenoxy) is 1. The van der Waals surface area contributed by atoms with Gasteiger partial charge in [0, 0.05) is 5.69 Å². The van der Waals surface area contributed by atoms with Crippen LogP contribution in [0.25, 0.3) is 6.08 Å². The maximum absolute atomic E-state index is 12.8. The molecule has 1 N–H and O–H groups in total. The Bertz CT molecular complexity index is 1160. The molecule has 0 unspecified atom stereocenters. The molecule has 0 atom stereocenters. The SMILES string of the molecule is C#CCOc1c(I)cc(/C=C2\SC(=O)N(CC(=O)Nc3ccc(C)c(C)c3)C2=O)cc1I. The number of rotatable bonds is 6. The number of terminal acetylenes is 1. The number of halogens is 2. The van der Waals surface area contributed by atoms with Crippen LogP contribution in [0.4, 0.5) is 10.5 Å². The van der Waals surface area contributed by atoms with Crippen LogP contribution in [0.1, 0.15) is 16.7 Å². The number of carbonyl (C=O) groups excluding carboxylic acids is 3. The van der Waals surface area contributed by atoms with Crippen LogP contribution in [-0.2, 0) is 9.59 Å². The Morgan fingerprint density at radius 2 is 1.88 bits per heavy atom. The second-order valence-corrected chi connectivity index (χ2v) is 10.2. The van der Waals surface area contributed by atoms with E-state index in [2.05, 4.69) is 56.4 Å². The Balaban J connectivity index is 1.72. The standard InChI is InChI=1S/C23H18I2N2O4S/c1-4-7-31-21-17(24)9-15(10-18(21)25)11-19-22(29)27(23(30)32-19)12-20(28)26-16-6-5-13(2)14(3)8-16/h1,5-6,8-11H,7,12H2,2-3H3,(H,26,28)/b19-11-. The number of imide groups is 1. The van der Waals surface area contributed by atoms with Crippen LogP contribution in [0.5, 0.6) is 5.75 Å². The average molecular weight is 672 g/mol. The van der Waals surface area contributed by atoms with Crippen molar-refractivity contribution in [2.75, 3.05) is 18.5 Å². The number of amides is 3. The molecule has 2 aromatic carbocycles. The number of benzene rings is 2. The van der Waals surface area contributed by atoms with E-state index in [1.165, 1.54) is 0 Å². The monoisotopic (exact) mass is 672 g/mol. The van der Waals surface area contributed by atoms with E-state index in [1.54, 1.807) is 12.1 Å². The van der Waals surface area contributed by atoms with E-state index in [9.17, 15) is 14.4 Å². The first kappa shape index (κ1) is 24.6. The minimum absolute atomic E-state index is 0.161. The molecule has 0 aromatic heterocycles. The van der Waals surface area contributed by atoms with Gasteiger partial charge in [0.1, 0.15) is 18.9 Å². The third-order valence-electron chi connectivity index (χ3n) is 4.58. The number of nitrogens with zero attached hydrogens (tertiary/aromatic N) is 1. The molecule has 1 saturated heterocycles.